The number of sulfonamides is 1. The predicted octanol–water partition coefficient (Wildman–Crippen LogP) is 4.88. The summed E-state index contributed by atoms with van der Waals surface area (Å²) in [6, 6.07) is 12.4. The maximum atomic E-state index is 13.1. The summed E-state index contributed by atoms with van der Waals surface area (Å²) in [5.74, 6) is -3.80. The summed E-state index contributed by atoms with van der Waals surface area (Å²) >= 11 is 0. The van der Waals surface area contributed by atoms with E-state index in [9.17, 15) is 36.0 Å². The molecule has 0 unspecified atom stereocenters. The van der Waals surface area contributed by atoms with Gasteiger partial charge in [-0.05, 0) is 49.6 Å². The second-order valence-electron chi connectivity index (χ2n) is 8.72. The standard InChI is InChI=1S/C26H26F3N3O6S/c1-17(33)8-4-2-7-11-21(23-30-16-22(31-23)18-9-5-3-6-10-18)32-39(36,37)20-14-12-19(13-15-20)24(34)38-25(35)26(27,28)29/h3,5-6,9-10,12-16,21,32H,2,4,7-8,11H2,1H3,(H,30,31)/t21-/m0/s1. The molecule has 2 N–H and O–H groups in total. The molecule has 13 heteroatoms. The van der Waals surface area contributed by atoms with Gasteiger partial charge in [0.05, 0.1) is 28.4 Å². The highest BCUT2D eigenvalue weighted by Gasteiger charge is 2.42. The third-order valence-corrected chi connectivity index (χ3v) is 7.13. The number of H-pyrrole nitrogens is 1. The number of rotatable bonds is 12. The number of ether oxygens (including phenoxy) is 1. The highest BCUT2D eigenvalue weighted by atomic mass is 32.2. The summed E-state index contributed by atoms with van der Waals surface area (Å²) in [5, 5.41) is 0. The molecule has 0 saturated heterocycles. The van der Waals surface area contributed by atoms with Crippen molar-refractivity contribution in [3.05, 3.63) is 72.2 Å². The summed E-state index contributed by atoms with van der Waals surface area (Å²) in [7, 11) is -4.17. The van der Waals surface area contributed by atoms with Crippen molar-refractivity contribution in [2.24, 2.45) is 0 Å². The van der Waals surface area contributed by atoms with Crippen LogP contribution in [0.2, 0.25) is 0 Å². The van der Waals surface area contributed by atoms with Gasteiger partial charge in [0.25, 0.3) is 0 Å². The fraction of sp³-hybridized carbons (Fsp3) is 0.308. The molecule has 0 aliphatic carbocycles. The normalized spacial score (nSPS) is 12.6. The molecule has 2 aromatic carbocycles. The van der Waals surface area contributed by atoms with Crippen molar-refractivity contribution in [3.8, 4) is 11.3 Å². The molecule has 208 valence electrons. The number of carbonyl (C=O) groups excluding carboxylic acids is 3. The monoisotopic (exact) mass is 565 g/mol. The lowest BCUT2D eigenvalue weighted by Crippen LogP contribution is -2.30. The first-order valence-corrected chi connectivity index (χ1v) is 13.4. The van der Waals surface area contributed by atoms with Gasteiger partial charge in [-0.3, -0.25) is 0 Å². The maximum Gasteiger partial charge on any atom is 0.491 e. The molecule has 9 nitrogen and oxygen atoms in total. The molecule has 0 amide bonds. The fourth-order valence-electron chi connectivity index (χ4n) is 3.66. The number of imidazole rings is 1. The van der Waals surface area contributed by atoms with Crippen LogP contribution >= 0.6 is 0 Å². The molecule has 0 saturated carbocycles. The Bertz CT molecular complexity index is 1400. The number of hydrogen-bond donors (Lipinski definition) is 2. The molecule has 0 aliphatic rings. The lowest BCUT2D eigenvalue weighted by Gasteiger charge is -2.17. The predicted molar refractivity (Wildman–Crippen MR) is 134 cm³/mol. The van der Waals surface area contributed by atoms with Crippen LogP contribution in [0.25, 0.3) is 11.3 Å². The Morgan fingerprint density at radius 3 is 2.28 bits per heavy atom. The summed E-state index contributed by atoms with van der Waals surface area (Å²) in [4.78, 5) is 41.1. The average molecular weight is 566 g/mol. The van der Waals surface area contributed by atoms with Gasteiger partial charge >= 0.3 is 18.1 Å². The number of aromatic amines is 1. The average Bonchev–Trinajstić information content (AvgIpc) is 3.38. The topological polar surface area (TPSA) is 135 Å². The van der Waals surface area contributed by atoms with Crippen LogP contribution in [0.15, 0.2) is 65.7 Å². The molecular weight excluding hydrogens is 539 g/mol. The van der Waals surface area contributed by atoms with Gasteiger partial charge in [-0.25, -0.2) is 27.7 Å². The van der Waals surface area contributed by atoms with Crippen LogP contribution in [0.5, 0.6) is 0 Å². The Morgan fingerprint density at radius 2 is 1.67 bits per heavy atom. The number of unbranched alkanes of at least 4 members (excludes halogenated alkanes) is 2. The zero-order valence-corrected chi connectivity index (χ0v) is 21.6. The molecule has 1 heterocycles. The molecule has 0 bridgehead atoms. The Hall–Kier alpha value is -3.84. The number of hydrogen-bond acceptors (Lipinski definition) is 7. The SMILES string of the molecule is CC(=O)CCCCC[C@H](NS(=O)(=O)c1ccc(C(=O)OC(=O)C(F)(F)F)cc1)c1ncc(-c2ccccc2)[nH]1. The molecule has 1 atom stereocenters. The highest BCUT2D eigenvalue weighted by Crippen LogP contribution is 2.25. The number of nitrogens with zero attached hydrogens (tertiary/aromatic N) is 1. The number of esters is 2. The van der Waals surface area contributed by atoms with Crippen molar-refractivity contribution in [1.29, 1.82) is 0 Å². The minimum absolute atomic E-state index is 0.0703. The van der Waals surface area contributed by atoms with E-state index in [1.54, 1.807) is 6.20 Å². The molecule has 0 aliphatic heterocycles. The van der Waals surface area contributed by atoms with Gasteiger partial charge < -0.3 is 14.5 Å². The third-order valence-electron chi connectivity index (χ3n) is 5.65. The Kier molecular flexibility index (Phi) is 9.76. The highest BCUT2D eigenvalue weighted by molar-refractivity contribution is 7.89. The zero-order valence-electron chi connectivity index (χ0n) is 20.8. The van der Waals surface area contributed by atoms with Gasteiger partial charge in [0.15, 0.2) is 0 Å². The molecular formula is C26H26F3N3O6S. The second kappa shape index (κ2) is 12.8. The number of halogens is 3. The van der Waals surface area contributed by atoms with Crippen LogP contribution in [-0.4, -0.2) is 42.3 Å². The van der Waals surface area contributed by atoms with Crippen molar-refractivity contribution >= 4 is 27.7 Å². The first kappa shape index (κ1) is 29.7. The van der Waals surface area contributed by atoms with Crippen LogP contribution in [0.3, 0.4) is 0 Å². The van der Waals surface area contributed by atoms with Crippen molar-refractivity contribution in [1.82, 2.24) is 14.7 Å². The second-order valence-corrected chi connectivity index (χ2v) is 10.4. The smallest absolute Gasteiger partial charge is 0.383 e. The van der Waals surface area contributed by atoms with Crippen LogP contribution in [0, 0.1) is 0 Å². The number of ketones is 1. The van der Waals surface area contributed by atoms with E-state index in [0.29, 0.717) is 43.6 Å². The van der Waals surface area contributed by atoms with E-state index < -0.39 is 39.7 Å². The first-order chi connectivity index (χ1) is 18.4. The third kappa shape index (κ3) is 8.58. The van der Waals surface area contributed by atoms with Crippen LogP contribution < -0.4 is 4.72 Å². The van der Waals surface area contributed by atoms with E-state index in [-0.39, 0.29) is 10.7 Å². The number of carbonyl (C=O) groups is 3. The van der Waals surface area contributed by atoms with E-state index in [1.807, 2.05) is 30.3 Å². The van der Waals surface area contributed by atoms with E-state index in [4.69, 9.17) is 0 Å². The van der Waals surface area contributed by atoms with E-state index >= 15 is 0 Å². The van der Waals surface area contributed by atoms with Gasteiger partial charge in [0.2, 0.25) is 10.0 Å². The summed E-state index contributed by atoms with van der Waals surface area (Å²) < 4.78 is 69.6. The number of aromatic nitrogens is 2. The number of nitrogens with one attached hydrogen (secondary N) is 2. The molecule has 0 fully saturated rings. The molecule has 3 rings (SSSR count). The molecule has 3 aromatic rings. The van der Waals surface area contributed by atoms with Gasteiger partial charge in [-0.2, -0.15) is 13.2 Å². The van der Waals surface area contributed by atoms with Gasteiger partial charge in [0, 0.05) is 6.42 Å². The summed E-state index contributed by atoms with van der Waals surface area (Å²) in [6.45, 7) is 1.50. The van der Waals surface area contributed by atoms with E-state index in [2.05, 4.69) is 19.4 Å². The zero-order chi connectivity index (χ0) is 28.6. The summed E-state index contributed by atoms with van der Waals surface area (Å²) in [5.41, 5.74) is 1.10. The Morgan fingerprint density at radius 1 is 1.00 bits per heavy atom. The van der Waals surface area contributed by atoms with Gasteiger partial charge in [0.1, 0.15) is 11.6 Å². The number of alkyl halides is 3. The van der Waals surface area contributed by atoms with Crippen molar-refractivity contribution in [2.75, 3.05) is 0 Å². The van der Waals surface area contributed by atoms with E-state index in [1.165, 1.54) is 6.92 Å². The largest absolute Gasteiger partial charge is 0.491 e. The van der Waals surface area contributed by atoms with Crippen LogP contribution in [0.4, 0.5) is 13.2 Å². The fourth-order valence-corrected chi connectivity index (χ4v) is 4.89. The minimum atomic E-state index is -5.35. The van der Waals surface area contributed by atoms with Crippen LogP contribution in [-0.2, 0) is 24.3 Å². The maximum absolute atomic E-state index is 13.1. The minimum Gasteiger partial charge on any atom is -0.383 e. The van der Waals surface area contributed by atoms with Gasteiger partial charge in [-0.15, -0.1) is 0 Å². The number of Topliss-reactive ketones (excluding diaryl/α,β-unsaturated/α-hetero) is 1. The lowest BCUT2D eigenvalue weighted by molar-refractivity contribution is -0.193. The van der Waals surface area contributed by atoms with E-state index in [0.717, 1.165) is 29.8 Å². The van der Waals surface area contributed by atoms with Crippen molar-refractivity contribution in [3.63, 3.8) is 0 Å². The molecule has 1 aromatic heterocycles. The van der Waals surface area contributed by atoms with Crippen LogP contribution in [0.1, 0.15) is 61.3 Å². The first-order valence-electron chi connectivity index (χ1n) is 11.9. The lowest BCUT2D eigenvalue weighted by atomic mass is 10.1. The molecule has 0 radical (unpaired) electrons. The van der Waals surface area contributed by atoms with Crippen molar-refractivity contribution in [2.45, 2.75) is 56.1 Å². The molecule has 39 heavy (non-hydrogen) atoms. The quantitative estimate of drug-likeness (QED) is 0.182. The Labute approximate surface area is 222 Å². The van der Waals surface area contributed by atoms with Gasteiger partial charge in [-0.1, -0.05) is 43.2 Å². The molecule has 0 spiro atoms. The number of benzene rings is 2. The summed E-state index contributed by atoms with van der Waals surface area (Å²) in [6.07, 6.45) is -1.02. The Balaban J connectivity index is 1.77. The van der Waals surface area contributed by atoms with Crippen molar-refractivity contribution < 1.29 is 40.7 Å².